The van der Waals surface area contributed by atoms with Gasteiger partial charge in [0.2, 0.25) is 0 Å². The summed E-state index contributed by atoms with van der Waals surface area (Å²) in [6.07, 6.45) is 6.40. The van der Waals surface area contributed by atoms with Crippen molar-refractivity contribution in [2.75, 3.05) is 12.0 Å². The van der Waals surface area contributed by atoms with E-state index in [0.29, 0.717) is 23.2 Å². The lowest BCUT2D eigenvalue weighted by Crippen LogP contribution is -2.35. The SMILES string of the molecule is Cc1cc(NN)c(C(=O)N(CC2CC2)C2CC2)cn1. The van der Waals surface area contributed by atoms with Crippen LogP contribution in [0.25, 0.3) is 0 Å². The number of hydrogen-bond donors (Lipinski definition) is 2. The molecule has 102 valence electrons. The number of pyridine rings is 1. The predicted octanol–water partition coefficient (Wildman–Crippen LogP) is 1.69. The lowest BCUT2D eigenvalue weighted by molar-refractivity contribution is 0.0735. The van der Waals surface area contributed by atoms with Gasteiger partial charge in [0.15, 0.2) is 0 Å². The van der Waals surface area contributed by atoms with Gasteiger partial charge >= 0.3 is 0 Å². The molecular formula is C14H20N4O. The summed E-state index contributed by atoms with van der Waals surface area (Å²) in [6.45, 7) is 2.78. The predicted molar refractivity (Wildman–Crippen MR) is 73.6 cm³/mol. The van der Waals surface area contributed by atoms with E-state index in [0.717, 1.165) is 25.1 Å². The van der Waals surface area contributed by atoms with Crippen molar-refractivity contribution < 1.29 is 4.79 Å². The largest absolute Gasteiger partial charge is 0.335 e. The topological polar surface area (TPSA) is 71.2 Å². The number of nitrogens with one attached hydrogen (secondary N) is 1. The lowest BCUT2D eigenvalue weighted by Gasteiger charge is -2.23. The first kappa shape index (κ1) is 12.4. The van der Waals surface area contributed by atoms with Crippen LogP contribution in [0, 0.1) is 12.8 Å². The number of carbonyl (C=O) groups is 1. The van der Waals surface area contributed by atoms with Crippen LogP contribution in [-0.4, -0.2) is 28.4 Å². The van der Waals surface area contributed by atoms with Crippen LogP contribution in [0.5, 0.6) is 0 Å². The van der Waals surface area contributed by atoms with Crippen molar-refractivity contribution in [3.05, 3.63) is 23.5 Å². The maximum atomic E-state index is 12.7. The van der Waals surface area contributed by atoms with Crippen molar-refractivity contribution in [1.29, 1.82) is 0 Å². The van der Waals surface area contributed by atoms with Crippen LogP contribution in [0.1, 0.15) is 41.7 Å². The molecule has 0 atom stereocenters. The number of carbonyl (C=O) groups excluding carboxylic acids is 1. The van der Waals surface area contributed by atoms with Crippen LogP contribution in [0.2, 0.25) is 0 Å². The van der Waals surface area contributed by atoms with Crippen molar-refractivity contribution in [3.63, 3.8) is 0 Å². The van der Waals surface area contributed by atoms with E-state index in [1.807, 2.05) is 17.9 Å². The molecular weight excluding hydrogens is 240 g/mol. The second-order valence-corrected chi connectivity index (χ2v) is 5.65. The first-order valence-corrected chi connectivity index (χ1v) is 6.93. The van der Waals surface area contributed by atoms with Gasteiger partial charge in [-0.05, 0) is 44.6 Å². The van der Waals surface area contributed by atoms with E-state index in [9.17, 15) is 4.79 Å². The molecule has 2 saturated carbocycles. The average molecular weight is 260 g/mol. The normalized spacial score (nSPS) is 18.2. The summed E-state index contributed by atoms with van der Waals surface area (Å²) in [7, 11) is 0. The molecule has 1 aromatic heterocycles. The van der Waals surface area contributed by atoms with Crippen LogP contribution in [0.3, 0.4) is 0 Å². The smallest absolute Gasteiger partial charge is 0.257 e. The van der Waals surface area contributed by atoms with E-state index in [1.54, 1.807) is 6.20 Å². The van der Waals surface area contributed by atoms with E-state index in [-0.39, 0.29) is 5.91 Å². The summed E-state index contributed by atoms with van der Waals surface area (Å²) in [5, 5.41) is 0. The molecule has 2 fully saturated rings. The van der Waals surface area contributed by atoms with Gasteiger partial charge in [-0.15, -0.1) is 0 Å². The molecule has 0 spiro atoms. The third kappa shape index (κ3) is 2.71. The highest BCUT2D eigenvalue weighted by Gasteiger charge is 2.37. The Balaban J connectivity index is 1.84. The van der Waals surface area contributed by atoms with Gasteiger partial charge in [-0.3, -0.25) is 15.6 Å². The number of nitrogens with two attached hydrogens (primary N) is 1. The van der Waals surface area contributed by atoms with Gasteiger partial charge in [-0.1, -0.05) is 0 Å². The number of nitrogens with zero attached hydrogens (tertiary/aromatic N) is 2. The minimum Gasteiger partial charge on any atom is -0.335 e. The molecule has 0 unspecified atom stereocenters. The molecule has 0 aliphatic heterocycles. The van der Waals surface area contributed by atoms with E-state index in [2.05, 4.69) is 10.4 Å². The molecule has 3 rings (SSSR count). The van der Waals surface area contributed by atoms with Gasteiger partial charge in [-0.2, -0.15) is 0 Å². The minimum absolute atomic E-state index is 0.0647. The molecule has 2 aliphatic rings. The number of rotatable bonds is 5. The Bertz CT molecular complexity index is 494. The van der Waals surface area contributed by atoms with Crippen LogP contribution < -0.4 is 11.3 Å². The summed E-state index contributed by atoms with van der Waals surface area (Å²) < 4.78 is 0. The fourth-order valence-corrected chi connectivity index (χ4v) is 2.37. The minimum atomic E-state index is 0.0647. The number of nitrogen functional groups attached to an aromatic ring is 1. The molecule has 1 amide bonds. The van der Waals surface area contributed by atoms with Crippen LogP contribution in [0.15, 0.2) is 12.3 Å². The van der Waals surface area contributed by atoms with Gasteiger partial charge in [0.25, 0.3) is 5.91 Å². The molecule has 1 aromatic rings. The number of aromatic nitrogens is 1. The highest BCUT2D eigenvalue weighted by Crippen LogP contribution is 2.36. The Kier molecular flexibility index (Phi) is 3.14. The molecule has 19 heavy (non-hydrogen) atoms. The van der Waals surface area contributed by atoms with Crippen molar-refractivity contribution in [2.45, 2.75) is 38.6 Å². The summed E-state index contributed by atoms with van der Waals surface area (Å²) in [4.78, 5) is 18.9. The zero-order chi connectivity index (χ0) is 13.4. The molecule has 5 heteroatoms. The average Bonchev–Trinajstić information content (AvgIpc) is 3.27. The third-order valence-corrected chi connectivity index (χ3v) is 3.83. The Morgan fingerprint density at radius 1 is 1.47 bits per heavy atom. The quantitative estimate of drug-likeness (QED) is 0.624. The second kappa shape index (κ2) is 4.81. The zero-order valence-corrected chi connectivity index (χ0v) is 11.2. The van der Waals surface area contributed by atoms with Crippen molar-refractivity contribution in [2.24, 2.45) is 11.8 Å². The second-order valence-electron chi connectivity index (χ2n) is 5.65. The van der Waals surface area contributed by atoms with Crippen molar-refractivity contribution >= 4 is 11.6 Å². The molecule has 3 N–H and O–H groups in total. The maximum absolute atomic E-state index is 12.7. The number of aryl methyl sites for hydroxylation is 1. The fourth-order valence-electron chi connectivity index (χ4n) is 2.37. The lowest BCUT2D eigenvalue weighted by atomic mass is 10.1. The van der Waals surface area contributed by atoms with Crippen LogP contribution in [-0.2, 0) is 0 Å². The van der Waals surface area contributed by atoms with E-state index in [1.165, 1.54) is 12.8 Å². The maximum Gasteiger partial charge on any atom is 0.257 e. The molecule has 0 aromatic carbocycles. The number of anilines is 1. The van der Waals surface area contributed by atoms with Gasteiger partial charge in [0.05, 0.1) is 11.3 Å². The highest BCUT2D eigenvalue weighted by atomic mass is 16.2. The monoisotopic (exact) mass is 260 g/mol. The molecule has 0 bridgehead atoms. The van der Waals surface area contributed by atoms with Crippen LogP contribution in [0.4, 0.5) is 5.69 Å². The molecule has 1 heterocycles. The first-order chi connectivity index (χ1) is 9.19. The Labute approximate surface area is 113 Å². The van der Waals surface area contributed by atoms with E-state index >= 15 is 0 Å². The number of hydrazine groups is 1. The Morgan fingerprint density at radius 2 is 2.21 bits per heavy atom. The summed E-state index contributed by atoms with van der Waals surface area (Å²) in [5.74, 6) is 6.28. The van der Waals surface area contributed by atoms with Crippen LogP contribution >= 0.6 is 0 Å². The van der Waals surface area contributed by atoms with Gasteiger partial charge in [0.1, 0.15) is 0 Å². The van der Waals surface area contributed by atoms with Crippen molar-refractivity contribution in [3.8, 4) is 0 Å². The van der Waals surface area contributed by atoms with E-state index < -0.39 is 0 Å². The molecule has 0 radical (unpaired) electrons. The van der Waals surface area contributed by atoms with Gasteiger partial charge < -0.3 is 10.3 Å². The fraction of sp³-hybridized carbons (Fsp3) is 0.571. The van der Waals surface area contributed by atoms with Gasteiger partial charge in [-0.25, -0.2) is 0 Å². The number of hydrogen-bond acceptors (Lipinski definition) is 4. The van der Waals surface area contributed by atoms with Gasteiger partial charge in [0, 0.05) is 24.5 Å². The van der Waals surface area contributed by atoms with E-state index in [4.69, 9.17) is 5.84 Å². The summed E-state index contributed by atoms with van der Waals surface area (Å²) in [6, 6.07) is 2.25. The third-order valence-electron chi connectivity index (χ3n) is 3.83. The first-order valence-electron chi connectivity index (χ1n) is 6.93. The summed E-state index contributed by atoms with van der Waals surface area (Å²) >= 11 is 0. The highest BCUT2D eigenvalue weighted by molar-refractivity contribution is 5.99. The number of amides is 1. The molecule has 0 saturated heterocycles. The Morgan fingerprint density at radius 3 is 2.79 bits per heavy atom. The zero-order valence-electron chi connectivity index (χ0n) is 11.2. The molecule has 2 aliphatic carbocycles. The summed E-state index contributed by atoms with van der Waals surface area (Å²) in [5.41, 5.74) is 4.71. The standard InChI is InChI=1S/C14H20N4O/c1-9-6-13(17-15)12(7-16-9)14(19)18(11-4-5-11)8-10-2-3-10/h6-7,10-11H,2-5,8,15H2,1H3,(H,16,17). The molecule has 5 nitrogen and oxygen atoms in total. The Hall–Kier alpha value is -1.62. The van der Waals surface area contributed by atoms with Crippen molar-refractivity contribution in [1.82, 2.24) is 9.88 Å².